The first-order valence-corrected chi connectivity index (χ1v) is 15.5. The molecule has 0 spiro atoms. The minimum Gasteiger partial charge on any atom is -0.508 e. The number of allylic oxidation sites excluding steroid dienone is 1. The molecule has 1 aromatic carbocycles. The molecule has 3 nitrogen and oxygen atoms in total. The molecule has 272 valence electrons. The number of aromatic hydroxyl groups is 1. The third-order valence-corrected chi connectivity index (χ3v) is 10.6. The highest BCUT2D eigenvalue weighted by Gasteiger charge is 2.87. The number of fused-ring (bicyclic) bond motifs is 5. The van der Waals surface area contributed by atoms with E-state index in [0.29, 0.717) is 44.9 Å². The van der Waals surface area contributed by atoms with Gasteiger partial charge in [-0.1, -0.05) is 25.8 Å². The number of benzene rings is 1. The molecule has 2 fully saturated rings. The van der Waals surface area contributed by atoms with Gasteiger partial charge in [-0.2, -0.15) is 48.3 Å². The summed E-state index contributed by atoms with van der Waals surface area (Å²) in [5, 5.41) is 10.1. The molecule has 0 amide bonds. The fraction of sp³-hybridized carbons (Fsp3) is 0.719. The third kappa shape index (κ3) is 6.31. The Kier molecular flexibility index (Phi) is 10.4. The second kappa shape index (κ2) is 13.0. The summed E-state index contributed by atoms with van der Waals surface area (Å²) in [7, 11) is 1.23. The van der Waals surface area contributed by atoms with E-state index in [0.717, 1.165) is 16.0 Å². The Labute approximate surface area is 268 Å². The van der Waals surface area contributed by atoms with Crippen LogP contribution in [0.5, 0.6) is 5.75 Å². The van der Waals surface area contributed by atoms with Crippen LogP contribution in [0.4, 0.5) is 57.1 Å². The number of alkyl halides is 12. The number of likely N-dealkylation sites (N-methyl/N-ethyl adjacent to an activating group) is 1. The number of unbranched alkanes of at least 4 members (excludes halogenated alkanes) is 2. The lowest BCUT2D eigenvalue weighted by atomic mass is 9.51. The first-order valence-electron chi connectivity index (χ1n) is 15.5. The highest BCUT2D eigenvalue weighted by molar-refractivity contribution is 5.87. The number of carbonyl (C=O) groups is 1. The molecule has 3 aliphatic rings. The van der Waals surface area contributed by atoms with Gasteiger partial charge in [0.1, 0.15) is 17.7 Å². The molecule has 6 atom stereocenters. The number of phenolic OH excluding ortho intramolecular Hbond substituents is 1. The van der Waals surface area contributed by atoms with Gasteiger partial charge in [0, 0.05) is 24.3 Å². The van der Waals surface area contributed by atoms with Crippen LogP contribution in [-0.4, -0.2) is 72.0 Å². The van der Waals surface area contributed by atoms with Crippen molar-refractivity contribution in [2.45, 2.75) is 100 Å². The molecule has 0 bridgehead atoms. The van der Waals surface area contributed by atoms with Gasteiger partial charge in [-0.3, -0.25) is 4.79 Å². The molecular formula is C32H36F13NO2. The molecule has 0 aliphatic heterocycles. The number of nitrogens with zero attached hydrogens (tertiary/aromatic N) is 1. The standard InChI is InChI=1S/C32H36F13NO2/c1-27-16-22(33)26-20-8-7-19(47)15-18(20)14-17(25(26)21(27)9-10-24(27)48)6-4-3-5-12-46(2)13-11-23(34)28(35,36)29(37,38)30(39,40)31(41,42)32(43,44)45/h7-8,11,15,17,21-22,25-26,47H,3-6,9-10,12-14,16H2,1-2H3/t17?,21-,22?,25-,26-,27-/m0/s1. The SMILES string of the molecule is CN(CC=C(F)C(F)(F)C(F)(F)C(F)(F)C(F)(F)C(F)(F)F)CCCCCC1Cc2cc(O)ccc2[C@H]2C(F)C[C@]3(C)C(=O)CC[C@H]3[C@H]12. The van der Waals surface area contributed by atoms with Crippen molar-refractivity contribution in [3.8, 4) is 5.75 Å². The van der Waals surface area contributed by atoms with Gasteiger partial charge < -0.3 is 10.0 Å². The van der Waals surface area contributed by atoms with E-state index in [4.69, 9.17) is 0 Å². The molecule has 48 heavy (non-hydrogen) atoms. The average Bonchev–Trinajstić information content (AvgIpc) is 3.27. The van der Waals surface area contributed by atoms with Crippen LogP contribution >= 0.6 is 0 Å². The molecule has 4 rings (SSSR count). The lowest BCUT2D eigenvalue weighted by Gasteiger charge is -2.53. The number of hydrogen-bond donors (Lipinski definition) is 1. The van der Waals surface area contributed by atoms with Crippen molar-refractivity contribution in [2.75, 3.05) is 20.1 Å². The molecule has 3 aliphatic carbocycles. The summed E-state index contributed by atoms with van der Waals surface area (Å²) in [5.41, 5.74) is 0.882. The number of ketones is 1. The van der Waals surface area contributed by atoms with Gasteiger partial charge in [0.05, 0.1) is 0 Å². The van der Waals surface area contributed by atoms with Crippen molar-refractivity contribution in [3.05, 3.63) is 41.2 Å². The number of hydrogen-bond acceptors (Lipinski definition) is 3. The molecule has 0 heterocycles. The van der Waals surface area contributed by atoms with Crippen molar-refractivity contribution < 1.29 is 67.0 Å². The quantitative estimate of drug-likeness (QED) is 0.173. The minimum absolute atomic E-state index is 0.0214. The Morgan fingerprint density at radius 3 is 2.25 bits per heavy atom. The van der Waals surface area contributed by atoms with Crippen molar-refractivity contribution in [2.24, 2.45) is 23.2 Å². The first kappa shape index (κ1) is 38.3. The third-order valence-electron chi connectivity index (χ3n) is 10.6. The van der Waals surface area contributed by atoms with Gasteiger partial charge >= 0.3 is 29.9 Å². The molecule has 1 N–H and O–H groups in total. The van der Waals surface area contributed by atoms with Crippen LogP contribution in [0.3, 0.4) is 0 Å². The summed E-state index contributed by atoms with van der Waals surface area (Å²) in [5.74, 6) is -33.2. The maximum absolute atomic E-state index is 15.8. The fourth-order valence-electron chi connectivity index (χ4n) is 7.98. The van der Waals surface area contributed by atoms with Crippen LogP contribution in [0.15, 0.2) is 30.1 Å². The van der Waals surface area contributed by atoms with Crippen LogP contribution in [0.2, 0.25) is 0 Å². The number of Topliss-reactive ketones (excluding diaryl/α,β-unsaturated/α-hetero) is 1. The van der Waals surface area contributed by atoms with Crippen LogP contribution in [-0.2, 0) is 11.2 Å². The number of carbonyl (C=O) groups excluding carboxylic acids is 1. The second-order valence-electron chi connectivity index (χ2n) is 13.6. The zero-order valence-electron chi connectivity index (χ0n) is 26.0. The fourth-order valence-corrected chi connectivity index (χ4v) is 7.98. The molecule has 16 heteroatoms. The lowest BCUT2D eigenvalue weighted by Crippen LogP contribution is -2.66. The number of phenols is 1. The summed E-state index contributed by atoms with van der Waals surface area (Å²) in [6, 6.07) is 4.86. The monoisotopic (exact) mass is 713 g/mol. The van der Waals surface area contributed by atoms with E-state index in [1.165, 1.54) is 13.1 Å². The summed E-state index contributed by atoms with van der Waals surface area (Å²) in [6.45, 7) is 0.980. The zero-order valence-corrected chi connectivity index (χ0v) is 26.0. The van der Waals surface area contributed by atoms with E-state index in [1.807, 2.05) is 6.92 Å². The minimum atomic E-state index is -7.69. The molecule has 2 saturated carbocycles. The van der Waals surface area contributed by atoms with E-state index in [1.54, 1.807) is 12.1 Å². The van der Waals surface area contributed by atoms with E-state index in [2.05, 4.69) is 0 Å². The van der Waals surface area contributed by atoms with Crippen LogP contribution in [0.1, 0.15) is 68.9 Å². The van der Waals surface area contributed by atoms with E-state index < -0.39 is 59.7 Å². The topological polar surface area (TPSA) is 40.5 Å². The average molecular weight is 714 g/mol. The Bertz CT molecular complexity index is 1380. The molecular weight excluding hydrogens is 677 g/mol. The number of rotatable bonds is 12. The van der Waals surface area contributed by atoms with Crippen LogP contribution in [0, 0.1) is 23.2 Å². The smallest absolute Gasteiger partial charge is 0.460 e. The number of halogens is 13. The van der Waals surface area contributed by atoms with Crippen molar-refractivity contribution in [3.63, 3.8) is 0 Å². The molecule has 2 unspecified atom stereocenters. The van der Waals surface area contributed by atoms with Gasteiger partial charge in [-0.15, -0.1) is 0 Å². The van der Waals surface area contributed by atoms with Gasteiger partial charge in [0.15, 0.2) is 5.83 Å². The van der Waals surface area contributed by atoms with Gasteiger partial charge in [-0.25, -0.2) is 8.78 Å². The summed E-state index contributed by atoms with van der Waals surface area (Å²) < 4.78 is 175. The molecule has 0 radical (unpaired) electrons. The van der Waals surface area contributed by atoms with Crippen molar-refractivity contribution in [1.29, 1.82) is 0 Å². The van der Waals surface area contributed by atoms with Crippen LogP contribution in [0.25, 0.3) is 0 Å². The van der Waals surface area contributed by atoms with Gasteiger partial charge in [0.2, 0.25) is 0 Å². The normalized spacial score (nSPS) is 28.8. The van der Waals surface area contributed by atoms with E-state index in [-0.39, 0.29) is 48.3 Å². The maximum atomic E-state index is 15.8. The summed E-state index contributed by atoms with van der Waals surface area (Å²) in [6.07, 6.45) is -5.14. The Hall–Kier alpha value is -2.52. The van der Waals surface area contributed by atoms with Gasteiger partial charge in [0.25, 0.3) is 0 Å². The van der Waals surface area contributed by atoms with E-state index in [9.17, 15) is 62.6 Å². The highest BCUT2D eigenvalue weighted by atomic mass is 19.4. The summed E-state index contributed by atoms with van der Waals surface area (Å²) >= 11 is 0. The predicted octanol–water partition coefficient (Wildman–Crippen LogP) is 9.44. The Morgan fingerprint density at radius 1 is 0.979 bits per heavy atom. The Balaban J connectivity index is 1.36. The highest BCUT2D eigenvalue weighted by Crippen LogP contribution is 2.63. The van der Waals surface area contributed by atoms with E-state index >= 15 is 4.39 Å². The first-order chi connectivity index (χ1) is 21.9. The Morgan fingerprint density at radius 2 is 1.62 bits per heavy atom. The van der Waals surface area contributed by atoms with Crippen LogP contribution < -0.4 is 0 Å². The predicted molar refractivity (Wildman–Crippen MR) is 148 cm³/mol. The summed E-state index contributed by atoms with van der Waals surface area (Å²) in [4.78, 5) is 13.9. The van der Waals surface area contributed by atoms with Gasteiger partial charge in [-0.05, 0) is 92.8 Å². The second-order valence-corrected chi connectivity index (χ2v) is 13.6. The molecule has 0 aromatic heterocycles. The largest absolute Gasteiger partial charge is 0.508 e. The molecule has 0 saturated heterocycles. The van der Waals surface area contributed by atoms with Crippen molar-refractivity contribution >= 4 is 5.78 Å². The zero-order chi connectivity index (χ0) is 36.3. The van der Waals surface area contributed by atoms with Crippen molar-refractivity contribution in [1.82, 2.24) is 4.90 Å². The lowest BCUT2D eigenvalue weighted by molar-refractivity contribution is -0.419. The maximum Gasteiger partial charge on any atom is 0.460 e. The molecule has 1 aromatic rings.